The number of benzene rings is 4. The monoisotopic (exact) mass is 714 g/mol. The molecular formula is C44H50N4O5. The molecule has 2 aliphatic heterocycles. The minimum Gasteiger partial charge on any atom is -0.494 e. The van der Waals surface area contributed by atoms with Crippen LogP contribution in [0.1, 0.15) is 60.8 Å². The number of ether oxygens (including phenoxy) is 1. The van der Waals surface area contributed by atoms with Crippen molar-refractivity contribution in [2.24, 2.45) is 5.92 Å². The second kappa shape index (κ2) is 18.4. The van der Waals surface area contributed by atoms with Crippen LogP contribution in [0.2, 0.25) is 0 Å². The lowest BCUT2D eigenvalue weighted by molar-refractivity contribution is -0.138. The molecule has 53 heavy (non-hydrogen) atoms. The van der Waals surface area contributed by atoms with E-state index in [0.29, 0.717) is 39.0 Å². The second-order valence-corrected chi connectivity index (χ2v) is 14.2. The van der Waals surface area contributed by atoms with Crippen LogP contribution in [0.3, 0.4) is 0 Å². The lowest BCUT2D eigenvalue weighted by atomic mass is 9.94. The van der Waals surface area contributed by atoms with Gasteiger partial charge in [0.15, 0.2) is 0 Å². The van der Waals surface area contributed by atoms with E-state index in [-0.39, 0.29) is 43.0 Å². The van der Waals surface area contributed by atoms with Gasteiger partial charge >= 0.3 is 0 Å². The highest BCUT2D eigenvalue weighted by Gasteiger charge is 2.32. The molecule has 4 bridgehead atoms. The molecule has 2 heterocycles. The summed E-state index contributed by atoms with van der Waals surface area (Å²) in [6, 6.07) is 31.6. The summed E-state index contributed by atoms with van der Waals surface area (Å²) in [4.78, 5) is 57.2. The average molecular weight is 715 g/mol. The molecule has 3 atom stereocenters. The number of carbonyl (C=O) groups excluding carboxylic acids is 4. The van der Waals surface area contributed by atoms with E-state index in [9.17, 15) is 19.2 Å². The van der Waals surface area contributed by atoms with Crippen molar-refractivity contribution in [3.63, 3.8) is 0 Å². The fourth-order valence-electron chi connectivity index (χ4n) is 7.27. The number of rotatable bonds is 8. The molecule has 4 aromatic carbocycles. The summed E-state index contributed by atoms with van der Waals surface area (Å²) in [7, 11) is 0. The number of piperidine rings is 1. The van der Waals surface area contributed by atoms with Gasteiger partial charge in [0.2, 0.25) is 23.6 Å². The lowest BCUT2D eigenvalue weighted by Gasteiger charge is -2.34. The lowest BCUT2D eigenvalue weighted by Crippen LogP contribution is -2.55. The van der Waals surface area contributed by atoms with Crippen LogP contribution in [-0.4, -0.2) is 60.3 Å². The van der Waals surface area contributed by atoms with Crippen LogP contribution in [-0.2, 0) is 38.6 Å². The quantitative estimate of drug-likeness (QED) is 0.210. The minimum absolute atomic E-state index is 0.129. The molecule has 0 aromatic heterocycles. The van der Waals surface area contributed by atoms with Crippen LogP contribution in [0.4, 0.5) is 0 Å². The fraction of sp³-hybridized carbons (Fsp3) is 0.364. The molecule has 0 radical (unpaired) electrons. The van der Waals surface area contributed by atoms with Crippen molar-refractivity contribution in [1.29, 1.82) is 0 Å². The number of carbonyl (C=O) groups is 4. The molecule has 0 spiro atoms. The number of nitrogens with one attached hydrogen (secondary N) is 3. The third-order valence-electron chi connectivity index (χ3n) is 10.4. The van der Waals surface area contributed by atoms with Crippen molar-refractivity contribution >= 4 is 23.6 Å². The van der Waals surface area contributed by atoms with Gasteiger partial charge in [-0.2, -0.15) is 0 Å². The van der Waals surface area contributed by atoms with E-state index in [0.717, 1.165) is 58.4 Å². The first-order valence-corrected chi connectivity index (χ1v) is 18.9. The van der Waals surface area contributed by atoms with E-state index < -0.39 is 18.0 Å². The van der Waals surface area contributed by atoms with Gasteiger partial charge in [0.25, 0.3) is 0 Å². The molecule has 0 saturated carbocycles. The maximum Gasteiger partial charge on any atom is 0.243 e. The zero-order valence-corrected chi connectivity index (χ0v) is 30.5. The molecule has 6 rings (SSSR count). The third kappa shape index (κ3) is 10.6. The van der Waals surface area contributed by atoms with E-state index in [1.807, 2.05) is 115 Å². The average Bonchev–Trinajstić information content (AvgIpc) is 3.19. The summed E-state index contributed by atoms with van der Waals surface area (Å²) in [5.41, 5.74) is 6.10. The second-order valence-electron chi connectivity index (χ2n) is 14.2. The van der Waals surface area contributed by atoms with Gasteiger partial charge < -0.3 is 25.6 Å². The summed E-state index contributed by atoms with van der Waals surface area (Å²) in [6.45, 7) is 3.94. The summed E-state index contributed by atoms with van der Waals surface area (Å²) < 4.78 is 6.14. The Kier molecular flexibility index (Phi) is 12.9. The highest BCUT2D eigenvalue weighted by molar-refractivity contribution is 5.95. The molecule has 1 fully saturated rings. The Morgan fingerprint density at radius 2 is 1.62 bits per heavy atom. The maximum absolute atomic E-state index is 14.1. The van der Waals surface area contributed by atoms with Gasteiger partial charge in [0.05, 0.1) is 13.0 Å². The molecule has 276 valence electrons. The van der Waals surface area contributed by atoms with Crippen molar-refractivity contribution in [3.8, 4) is 16.9 Å². The van der Waals surface area contributed by atoms with E-state index >= 15 is 0 Å². The molecular weight excluding hydrogens is 665 g/mol. The van der Waals surface area contributed by atoms with Crippen molar-refractivity contribution < 1.29 is 23.9 Å². The molecule has 4 aromatic rings. The van der Waals surface area contributed by atoms with E-state index in [1.54, 1.807) is 0 Å². The summed E-state index contributed by atoms with van der Waals surface area (Å²) in [5, 5.41) is 8.86. The Morgan fingerprint density at radius 1 is 0.868 bits per heavy atom. The van der Waals surface area contributed by atoms with E-state index in [1.165, 1.54) is 0 Å². The molecule has 1 unspecified atom stereocenters. The van der Waals surface area contributed by atoms with Gasteiger partial charge in [-0.3, -0.25) is 19.2 Å². The SMILES string of the molecule is Cc1ccc2cc1CNC(=O)[C@H](CCc1ccccc1)NC(=O)[C@@H](NC(=O)CCc1ccccc1-c1ccccc1)CC(=O)N1CCCC(CCO2)C1. The van der Waals surface area contributed by atoms with Gasteiger partial charge in [-0.05, 0) is 96.9 Å². The number of hydrogen-bond donors (Lipinski definition) is 3. The Hall–Kier alpha value is -5.44. The maximum atomic E-state index is 14.1. The topological polar surface area (TPSA) is 117 Å². The number of hydrogen-bond acceptors (Lipinski definition) is 5. The van der Waals surface area contributed by atoms with Crippen LogP contribution in [0.25, 0.3) is 11.1 Å². The van der Waals surface area contributed by atoms with E-state index in [2.05, 4.69) is 16.0 Å². The first-order valence-electron chi connectivity index (χ1n) is 18.9. The molecule has 9 heteroatoms. The smallest absolute Gasteiger partial charge is 0.243 e. The first-order chi connectivity index (χ1) is 25.8. The van der Waals surface area contributed by atoms with Crippen molar-refractivity contribution in [3.05, 3.63) is 125 Å². The van der Waals surface area contributed by atoms with Gasteiger partial charge in [-0.1, -0.05) is 91.0 Å². The molecule has 2 aliphatic rings. The molecule has 9 nitrogen and oxygen atoms in total. The van der Waals surface area contributed by atoms with Gasteiger partial charge in [0.1, 0.15) is 17.8 Å². The molecule has 0 aliphatic carbocycles. The normalized spacial score (nSPS) is 19.9. The van der Waals surface area contributed by atoms with Crippen molar-refractivity contribution in [1.82, 2.24) is 20.9 Å². The zero-order valence-electron chi connectivity index (χ0n) is 30.5. The van der Waals surface area contributed by atoms with Crippen LogP contribution < -0.4 is 20.7 Å². The van der Waals surface area contributed by atoms with Gasteiger partial charge in [0, 0.05) is 26.1 Å². The summed E-state index contributed by atoms with van der Waals surface area (Å²) in [6.07, 6.45) is 3.91. The van der Waals surface area contributed by atoms with Gasteiger partial charge in [-0.15, -0.1) is 0 Å². The van der Waals surface area contributed by atoms with E-state index in [4.69, 9.17) is 4.74 Å². The zero-order chi connectivity index (χ0) is 37.0. The Balaban J connectivity index is 1.22. The minimum atomic E-state index is -1.15. The predicted molar refractivity (Wildman–Crippen MR) is 206 cm³/mol. The van der Waals surface area contributed by atoms with Crippen molar-refractivity contribution in [2.75, 3.05) is 19.7 Å². The van der Waals surface area contributed by atoms with Crippen LogP contribution in [0, 0.1) is 12.8 Å². The standard InChI is InChI=1S/C44H50N4O5/c1-31-18-21-37-27-36(31)29-45-43(51)39(22-19-32-11-4-2-5-12-32)47-44(52)40(28-42(50)48-25-10-13-33(30-48)24-26-53-37)46-41(49)23-20-35-16-8-9-17-38(35)34-14-6-3-7-15-34/h2-9,11-12,14-18,21,27,33,39-40H,10,13,19-20,22-26,28-30H2,1H3,(H,45,51)(H,46,49)(H,47,52)/t33?,39-,40-/m0/s1. The van der Waals surface area contributed by atoms with Crippen LogP contribution >= 0.6 is 0 Å². The van der Waals surface area contributed by atoms with Gasteiger partial charge in [-0.25, -0.2) is 0 Å². The highest BCUT2D eigenvalue weighted by Crippen LogP contribution is 2.25. The summed E-state index contributed by atoms with van der Waals surface area (Å²) >= 11 is 0. The Bertz CT molecular complexity index is 1860. The Labute approximate surface area is 312 Å². The number of nitrogens with zero attached hydrogens (tertiary/aromatic N) is 1. The number of aryl methyl sites for hydroxylation is 3. The highest BCUT2D eigenvalue weighted by atomic mass is 16.5. The van der Waals surface area contributed by atoms with Crippen LogP contribution in [0.5, 0.6) is 5.75 Å². The molecule has 1 saturated heterocycles. The first kappa shape index (κ1) is 37.3. The largest absolute Gasteiger partial charge is 0.494 e. The summed E-state index contributed by atoms with van der Waals surface area (Å²) in [5.74, 6) is -0.414. The predicted octanol–water partition coefficient (Wildman–Crippen LogP) is 5.92. The molecule has 4 amide bonds. The number of amides is 4. The Morgan fingerprint density at radius 3 is 2.43 bits per heavy atom. The van der Waals surface area contributed by atoms with Crippen molar-refractivity contribution in [2.45, 2.75) is 76.9 Å². The molecule has 3 N–H and O–H groups in total. The van der Waals surface area contributed by atoms with Crippen LogP contribution in [0.15, 0.2) is 103 Å². The fourth-order valence-corrected chi connectivity index (χ4v) is 7.27. The number of fused-ring (bicyclic) bond motifs is 4. The third-order valence-corrected chi connectivity index (χ3v) is 10.4.